The number of halogens is 1. The van der Waals surface area contributed by atoms with Crippen LogP contribution in [0.1, 0.15) is 23.3 Å². The molecule has 0 unspecified atom stereocenters. The second kappa shape index (κ2) is 10.5. The molecule has 0 spiro atoms. The van der Waals surface area contributed by atoms with Gasteiger partial charge in [0.15, 0.2) is 5.16 Å². The molecule has 186 valence electrons. The smallest absolute Gasteiger partial charge is 0.267 e. The van der Waals surface area contributed by atoms with Gasteiger partial charge in [-0.25, -0.2) is 4.98 Å². The summed E-state index contributed by atoms with van der Waals surface area (Å²) in [6.45, 7) is 0. The zero-order valence-corrected chi connectivity index (χ0v) is 22.2. The number of benzene rings is 2. The molecule has 10 heteroatoms. The third-order valence-electron chi connectivity index (χ3n) is 6.06. The second-order valence-electron chi connectivity index (χ2n) is 8.31. The molecule has 0 saturated heterocycles. The molecule has 1 N–H and O–H groups in total. The van der Waals surface area contributed by atoms with Crippen molar-refractivity contribution in [3.63, 3.8) is 0 Å². The van der Waals surface area contributed by atoms with E-state index in [9.17, 15) is 9.59 Å². The lowest BCUT2D eigenvalue weighted by Gasteiger charge is -2.14. The van der Waals surface area contributed by atoms with Gasteiger partial charge in [-0.1, -0.05) is 23.4 Å². The van der Waals surface area contributed by atoms with E-state index in [1.165, 1.54) is 23.7 Å². The average molecular weight is 542 g/mol. The number of thioether (sulfide) groups is 1. The number of nitrogens with one attached hydrogen (secondary N) is 1. The normalized spacial score (nSPS) is 12.9. The molecular weight excluding hydrogens is 518 g/mol. The van der Waals surface area contributed by atoms with E-state index in [0.717, 1.165) is 36.1 Å². The highest BCUT2D eigenvalue weighted by Gasteiger charge is 2.23. The van der Waals surface area contributed by atoms with Crippen molar-refractivity contribution in [1.29, 1.82) is 0 Å². The van der Waals surface area contributed by atoms with Gasteiger partial charge in [0.1, 0.15) is 16.3 Å². The predicted octanol–water partition coefficient (Wildman–Crippen LogP) is 5.73. The number of hydrogen-bond donors (Lipinski definition) is 1. The molecule has 0 saturated carbocycles. The van der Waals surface area contributed by atoms with Crippen molar-refractivity contribution >= 4 is 56.5 Å². The summed E-state index contributed by atoms with van der Waals surface area (Å²) in [6.07, 6.45) is 4.08. The van der Waals surface area contributed by atoms with Crippen LogP contribution in [0.15, 0.2) is 52.4 Å². The summed E-state index contributed by atoms with van der Waals surface area (Å²) < 4.78 is 12.0. The van der Waals surface area contributed by atoms with Gasteiger partial charge in [-0.05, 0) is 73.7 Å². The highest BCUT2D eigenvalue weighted by molar-refractivity contribution is 7.99. The van der Waals surface area contributed by atoms with Crippen LogP contribution in [0.3, 0.4) is 0 Å². The first-order valence-corrected chi connectivity index (χ1v) is 13.6. The minimum atomic E-state index is -0.234. The van der Waals surface area contributed by atoms with Crippen molar-refractivity contribution in [2.75, 3.05) is 25.3 Å². The number of aryl methyl sites for hydroxylation is 2. The Balaban J connectivity index is 1.48. The van der Waals surface area contributed by atoms with Crippen LogP contribution in [0.4, 0.5) is 5.69 Å². The zero-order valence-electron chi connectivity index (χ0n) is 19.8. The Bertz CT molecular complexity index is 1500. The summed E-state index contributed by atoms with van der Waals surface area (Å²) in [5.74, 6) is 1.06. The molecule has 5 rings (SSSR count). The monoisotopic (exact) mass is 541 g/mol. The van der Waals surface area contributed by atoms with Crippen LogP contribution in [0.5, 0.6) is 11.5 Å². The van der Waals surface area contributed by atoms with Crippen LogP contribution in [0.25, 0.3) is 15.9 Å². The molecule has 7 nitrogen and oxygen atoms in total. The summed E-state index contributed by atoms with van der Waals surface area (Å²) >= 11 is 8.99. The molecule has 2 aromatic heterocycles. The topological polar surface area (TPSA) is 82.4 Å². The molecule has 2 aromatic carbocycles. The first-order chi connectivity index (χ1) is 17.5. The van der Waals surface area contributed by atoms with Crippen molar-refractivity contribution in [3.8, 4) is 17.2 Å². The van der Waals surface area contributed by atoms with Crippen LogP contribution in [0, 0.1) is 0 Å². The summed E-state index contributed by atoms with van der Waals surface area (Å²) in [4.78, 5) is 33.4. The van der Waals surface area contributed by atoms with Gasteiger partial charge < -0.3 is 14.8 Å². The number of ether oxygens (including phenoxy) is 2. The van der Waals surface area contributed by atoms with Gasteiger partial charge in [0.2, 0.25) is 5.91 Å². The lowest BCUT2D eigenvalue weighted by atomic mass is 9.97. The van der Waals surface area contributed by atoms with E-state index in [0.29, 0.717) is 38.4 Å². The number of anilines is 1. The fourth-order valence-electron chi connectivity index (χ4n) is 4.31. The van der Waals surface area contributed by atoms with E-state index in [1.807, 2.05) is 24.3 Å². The molecule has 36 heavy (non-hydrogen) atoms. The summed E-state index contributed by atoms with van der Waals surface area (Å²) in [5, 5.41) is 4.42. The van der Waals surface area contributed by atoms with Gasteiger partial charge in [0.05, 0.1) is 36.1 Å². The fraction of sp³-hybridized carbons (Fsp3) is 0.269. The molecule has 1 aliphatic rings. The van der Waals surface area contributed by atoms with Gasteiger partial charge in [-0.15, -0.1) is 11.3 Å². The lowest BCUT2D eigenvalue weighted by Crippen LogP contribution is -2.23. The van der Waals surface area contributed by atoms with Gasteiger partial charge in [-0.3, -0.25) is 14.2 Å². The highest BCUT2D eigenvalue weighted by Crippen LogP contribution is 2.35. The Labute approximate surface area is 221 Å². The third kappa shape index (κ3) is 4.83. The number of aromatic nitrogens is 2. The molecule has 2 heterocycles. The second-order valence-corrected chi connectivity index (χ2v) is 10.7. The van der Waals surface area contributed by atoms with Gasteiger partial charge in [-0.2, -0.15) is 0 Å². The Kier molecular flexibility index (Phi) is 7.22. The quantitative estimate of drug-likeness (QED) is 0.238. The predicted molar refractivity (Wildman–Crippen MR) is 146 cm³/mol. The van der Waals surface area contributed by atoms with Crippen LogP contribution < -0.4 is 20.3 Å². The first kappa shape index (κ1) is 24.7. The maximum atomic E-state index is 13.8. The van der Waals surface area contributed by atoms with Crippen LogP contribution in [0.2, 0.25) is 5.02 Å². The molecule has 0 radical (unpaired) electrons. The number of thiophene rings is 1. The molecule has 0 fully saturated rings. The molecular formula is C26H24ClN3O4S2. The Hall–Kier alpha value is -3.01. The van der Waals surface area contributed by atoms with Crippen molar-refractivity contribution in [1.82, 2.24) is 9.55 Å². The van der Waals surface area contributed by atoms with E-state index in [-0.39, 0.29) is 17.2 Å². The highest BCUT2D eigenvalue weighted by atomic mass is 35.5. The van der Waals surface area contributed by atoms with Crippen molar-refractivity contribution in [2.45, 2.75) is 30.8 Å². The van der Waals surface area contributed by atoms with Gasteiger partial charge in [0, 0.05) is 10.6 Å². The number of hydrogen-bond acceptors (Lipinski definition) is 7. The summed E-state index contributed by atoms with van der Waals surface area (Å²) in [6, 6.07) is 12.3. The fourth-order valence-corrected chi connectivity index (χ4v) is 6.69. The third-order valence-corrected chi connectivity index (χ3v) is 8.48. The maximum absolute atomic E-state index is 13.8. The summed E-state index contributed by atoms with van der Waals surface area (Å²) in [5.41, 5.74) is 2.27. The van der Waals surface area contributed by atoms with E-state index in [1.54, 1.807) is 41.2 Å². The van der Waals surface area contributed by atoms with Crippen LogP contribution >= 0.6 is 34.7 Å². The molecule has 1 aliphatic carbocycles. The Morgan fingerprint density at radius 3 is 2.64 bits per heavy atom. The SMILES string of the molecule is COc1ccc(-n2c(SCC(=O)Nc3ccc(OC)c(Cl)c3)nc3sc4c(c3c2=O)CCCC4)cc1. The van der Waals surface area contributed by atoms with Crippen LogP contribution in [-0.2, 0) is 17.6 Å². The van der Waals surface area contributed by atoms with Crippen molar-refractivity contribution < 1.29 is 14.3 Å². The molecule has 1 amide bonds. The number of nitrogens with zero attached hydrogens (tertiary/aromatic N) is 2. The Morgan fingerprint density at radius 1 is 1.14 bits per heavy atom. The zero-order chi connectivity index (χ0) is 25.2. The minimum absolute atomic E-state index is 0.0723. The molecule has 0 bridgehead atoms. The van der Waals surface area contributed by atoms with Gasteiger partial charge >= 0.3 is 0 Å². The minimum Gasteiger partial charge on any atom is -0.497 e. The molecule has 4 aromatic rings. The first-order valence-electron chi connectivity index (χ1n) is 11.5. The van der Waals surface area contributed by atoms with E-state index < -0.39 is 0 Å². The Morgan fingerprint density at radius 2 is 1.92 bits per heavy atom. The van der Waals surface area contributed by atoms with E-state index >= 15 is 0 Å². The average Bonchev–Trinajstić information content (AvgIpc) is 3.26. The van der Waals surface area contributed by atoms with Crippen molar-refractivity contribution in [2.24, 2.45) is 0 Å². The summed E-state index contributed by atoms with van der Waals surface area (Å²) in [7, 11) is 3.13. The number of carbonyl (C=O) groups is 1. The number of rotatable bonds is 7. The molecule has 0 atom stereocenters. The largest absolute Gasteiger partial charge is 0.497 e. The number of fused-ring (bicyclic) bond motifs is 3. The van der Waals surface area contributed by atoms with Crippen molar-refractivity contribution in [3.05, 3.63) is 68.3 Å². The number of amides is 1. The maximum Gasteiger partial charge on any atom is 0.267 e. The van der Waals surface area contributed by atoms with E-state index in [2.05, 4.69) is 5.32 Å². The van der Waals surface area contributed by atoms with Gasteiger partial charge in [0.25, 0.3) is 5.56 Å². The number of carbonyl (C=O) groups excluding carboxylic acids is 1. The van der Waals surface area contributed by atoms with E-state index in [4.69, 9.17) is 26.1 Å². The lowest BCUT2D eigenvalue weighted by molar-refractivity contribution is -0.113. The molecule has 0 aliphatic heterocycles. The number of methoxy groups -OCH3 is 2. The van der Waals surface area contributed by atoms with Crippen LogP contribution in [-0.4, -0.2) is 35.4 Å². The standard InChI is InChI=1S/C26H24ClN3O4S2/c1-33-17-10-8-16(9-11-17)30-25(32)23-18-5-3-4-6-21(18)36-24(23)29-26(30)35-14-22(31)28-15-7-12-20(34-2)19(27)13-15/h7-13H,3-6,14H2,1-2H3,(H,28,31).